The summed E-state index contributed by atoms with van der Waals surface area (Å²) in [5.74, 6) is 0.128. The number of carbonyl (C=O) groups is 1. The van der Waals surface area contributed by atoms with Crippen molar-refractivity contribution >= 4 is 11.6 Å². The Bertz CT molecular complexity index is 702. The lowest BCUT2D eigenvalue weighted by Gasteiger charge is -2.14. The summed E-state index contributed by atoms with van der Waals surface area (Å²) in [4.78, 5) is 21.5. The van der Waals surface area contributed by atoms with Gasteiger partial charge in [-0.3, -0.25) is 9.59 Å². The van der Waals surface area contributed by atoms with Gasteiger partial charge in [0.1, 0.15) is 0 Å². The van der Waals surface area contributed by atoms with E-state index in [9.17, 15) is 9.59 Å². The molecule has 6 heteroatoms. The molecule has 2 heterocycles. The lowest BCUT2D eigenvalue weighted by molar-refractivity contribution is -0.124. The Labute approximate surface area is 128 Å². The third-order valence-corrected chi connectivity index (χ3v) is 3.15. The summed E-state index contributed by atoms with van der Waals surface area (Å²) in [5, 5.41) is 10.1. The van der Waals surface area contributed by atoms with E-state index < -0.39 is 0 Å². The Balaban J connectivity index is 0.000000172. The molecule has 0 radical (unpaired) electrons. The van der Waals surface area contributed by atoms with E-state index in [1.807, 2.05) is 44.2 Å². The van der Waals surface area contributed by atoms with E-state index >= 15 is 0 Å². The number of benzene rings is 1. The van der Waals surface area contributed by atoms with E-state index in [0.717, 1.165) is 23.4 Å². The van der Waals surface area contributed by atoms with E-state index in [2.05, 4.69) is 20.7 Å². The van der Waals surface area contributed by atoms with E-state index in [1.54, 1.807) is 6.07 Å². The normalized spacial score (nSPS) is 16.9. The molecule has 22 heavy (non-hydrogen) atoms. The zero-order valence-corrected chi connectivity index (χ0v) is 12.5. The molecule has 1 unspecified atom stereocenters. The van der Waals surface area contributed by atoms with Crippen LogP contribution in [0.25, 0.3) is 11.3 Å². The van der Waals surface area contributed by atoms with Gasteiger partial charge in [-0.1, -0.05) is 37.3 Å². The molecule has 0 aliphatic carbocycles. The summed E-state index contributed by atoms with van der Waals surface area (Å²) < 4.78 is 0. The van der Waals surface area contributed by atoms with Crippen LogP contribution in [-0.4, -0.2) is 21.8 Å². The molecule has 1 atom stereocenters. The molecule has 1 aliphatic rings. The highest BCUT2D eigenvalue weighted by atomic mass is 16.2. The third-order valence-electron chi connectivity index (χ3n) is 3.15. The van der Waals surface area contributed by atoms with Gasteiger partial charge in [-0.05, 0) is 19.4 Å². The molecular weight excluding hydrogens is 280 g/mol. The Kier molecular flexibility index (Phi) is 5.19. The molecule has 0 saturated carbocycles. The molecule has 1 aliphatic heterocycles. The average Bonchev–Trinajstić information content (AvgIpc) is 2.53. The standard InChI is InChI=1S/C10H8N2O.C6H10N2O/c13-10-7-6-9(11-12-10)8-4-2-1-3-5-8;1-4-3-5(2)7-8-6(4)9/h1-7H,(H,12,13);4H,3H2,1-2H3,(H,8,9). The van der Waals surface area contributed by atoms with Gasteiger partial charge in [0.25, 0.3) is 5.56 Å². The topological polar surface area (TPSA) is 87.2 Å². The Morgan fingerprint density at radius 1 is 1.09 bits per heavy atom. The van der Waals surface area contributed by atoms with Gasteiger partial charge in [0.2, 0.25) is 5.91 Å². The number of nitrogens with zero attached hydrogens (tertiary/aromatic N) is 2. The molecule has 0 fully saturated rings. The molecular formula is C16H18N4O2. The van der Waals surface area contributed by atoms with Crippen LogP contribution in [0, 0.1) is 5.92 Å². The summed E-state index contributed by atoms with van der Waals surface area (Å²) in [6.07, 6.45) is 0.797. The second-order valence-corrected chi connectivity index (χ2v) is 5.10. The smallest absolute Gasteiger partial charge is 0.264 e. The number of carbonyl (C=O) groups excluding carboxylic acids is 1. The van der Waals surface area contributed by atoms with Crippen molar-refractivity contribution in [2.24, 2.45) is 11.0 Å². The third kappa shape index (κ3) is 4.37. The molecule has 0 spiro atoms. The van der Waals surface area contributed by atoms with E-state index in [4.69, 9.17) is 0 Å². The largest absolute Gasteiger partial charge is 0.273 e. The first-order valence-corrected chi connectivity index (χ1v) is 7.00. The first-order chi connectivity index (χ1) is 10.6. The number of amides is 1. The lowest BCUT2D eigenvalue weighted by atomic mass is 10.0. The highest BCUT2D eigenvalue weighted by molar-refractivity contribution is 5.92. The van der Waals surface area contributed by atoms with Crippen molar-refractivity contribution in [2.45, 2.75) is 20.3 Å². The molecule has 114 valence electrons. The van der Waals surface area contributed by atoms with Crippen LogP contribution in [0.15, 0.2) is 52.4 Å². The Morgan fingerprint density at radius 2 is 1.82 bits per heavy atom. The summed E-state index contributed by atoms with van der Waals surface area (Å²) in [6, 6.07) is 12.9. The fourth-order valence-corrected chi connectivity index (χ4v) is 1.96. The maximum Gasteiger partial charge on any atom is 0.264 e. The van der Waals surface area contributed by atoms with Gasteiger partial charge < -0.3 is 0 Å². The van der Waals surface area contributed by atoms with Crippen molar-refractivity contribution in [3.63, 3.8) is 0 Å². The number of hydrogen-bond acceptors (Lipinski definition) is 4. The van der Waals surface area contributed by atoms with Crippen LogP contribution in [0.3, 0.4) is 0 Å². The van der Waals surface area contributed by atoms with Gasteiger partial charge in [0.05, 0.1) is 5.69 Å². The molecule has 1 aromatic heterocycles. The first-order valence-electron chi connectivity index (χ1n) is 7.00. The molecule has 1 amide bonds. The predicted octanol–water partition coefficient (Wildman–Crippen LogP) is 1.96. The highest BCUT2D eigenvalue weighted by Crippen LogP contribution is 2.12. The Morgan fingerprint density at radius 3 is 2.36 bits per heavy atom. The second-order valence-electron chi connectivity index (χ2n) is 5.10. The average molecular weight is 298 g/mol. The van der Waals surface area contributed by atoms with Crippen molar-refractivity contribution < 1.29 is 4.79 Å². The number of aromatic nitrogens is 2. The minimum absolute atomic E-state index is 0.0283. The fraction of sp³-hybridized carbons (Fsp3) is 0.250. The maximum absolute atomic E-state index is 10.7. The molecule has 3 rings (SSSR count). The van der Waals surface area contributed by atoms with Crippen LogP contribution >= 0.6 is 0 Å². The zero-order valence-electron chi connectivity index (χ0n) is 12.5. The number of rotatable bonds is 1. The van der Waals surface area contributed by atoms with Crippen LogP contribution in [-0.2, 0) is 4.79 Å². The number of hydrogen-bond donors (Lipinski definition) is 2. The minimum Gasteiger partial charge on any atom is -0.273 e. The molecule has 1 aromatic carbocycles. The van der Waals surface area contributed by atoms with Crippen LogP contribution in [0.5, 0.6) is 0 Å². The number of nitrogens with one attached hydrogen (secondary N) is 2. The predicted molar refractivity (Wildman–Crippen MR) is 85.3 cm³/mol. The van der Waals surface area contributed by atoms with Crippen molar-refractivity contribution in [2.75, 3.05) is 0 Å². The van der Waals surface area contributed by atoms with Gasteiger partial charge in [-0.15, -0.1) is 0 Å². The fourth-order valence-electron chi connectivity index (χ4n) is 1.96. The van der Waals surface area contributed by atoms with Crippen molar-refractivity contribution in [1.82, 2.24) is 15.6 Å². The van der Waals surface area contributed by atoms with Crippen molar-refractivity contribution in [1.29, 1.82) is 0 Å². The highest BCUT2D eigenvalue weighted by Gasteiger charge is 2.16. The summed E-state index contributed by atoms with van der Waals surface area (Å²) >= 11 is 0. The molecule has 0 bridgehead atoms. The molecule has 2 aromatic rings. The van der Waals surface area contributed by atoms with Gasteiger partial charge in [-0.25, -0.2) is 10.5 Å². The maximum atomic E-state index is 10.7. The quantitative estimate of drug-likeness (QED) is 0.843. The van der Waals surface area contributed by atoms with Crippen LogP contribution < -0.4 is 11.0 Å². The molecule has 6 nitrogen and oxygen atoms in total. The second kappa shape index (κ2) is 7.31. The van der Waals surface area contributed by atoms with Crippen LogP contribution in [0.1, 0.15) is 20.3 Å². The van der Waals surface area contributed by atoms with Crippen LogP contribution in [0.2, 0.25) is 0 Å². The van der Waals surface area contributed by atoms with E-state index in [1.165, 1.54) is 6.07 Å². The monoisotopic (exact) mass is 298 g/mol. The van der Waals surface area contributed by atoms with Crippen LogP contribution in [0.4, 0.5) is 0 Å². The van der Waals surface area contributed by atoms with Crippen molar-refractivity contribution in [3.8, 4) is 11.3 Å². The zero-order chi connectivity index (χ0) is 15.9. The summed E-state index contributed by atoms with van der Waals surface area (Å²) in [7, 11) is 0. The minimum atomic E-state index is -0.181. The van der Waals surface area contributed by atoms with Gasteiger partial charge in [-0.2, -0.15) is 10.2 Å². The van der Waals surface area contributed by atoms with Gasteiger partial charge in [0.15, 0.2) is 0 Å². The number of H-pyrrole nitrogens is 1. The number of hydrazone groups is 1. The van der Waals surface area contributed by atoms with Gasteiger partial charge >= 0.3 is 0 Å². The van der Waals surface area contributed by atoms with Crippen molar-refractivity contribution in [3.05, 3.63) is 52.8 Å². The molecule has 2 N–H and O–H groups in total. The Hall–Kier alpha value is -2.76. The summed E-state index contributed by atoms with van der Waals surface area (Å²) in [6.45, 7) is 3.81. The molecule has 0 saturated heterocycles. The van der Waals surface area contributed by atoms with Gasteiger partial charge in [0, 0.05) is 23.3 Å². The first kappa shape index (κ1) is 15.6. The SMILES string of the molecule is CC1=NNC(=O)C(C)C1.O=c1ccc(-c2ccccc2)n[nH]1. The summed E-state index contributed by atoms with van der Waals surface area (Å²) in [5.41, 5.74) is 5.03. The lowest BCUT2D eigenvalue weighted by Crippen LogP contribution is -2.31. The van der Waals surface area contributed by atoms with E-state index in [0.29, 0.717) is 0 Å². The van der Waals surface area contributed by atoms with E-state index in [-0.39, 0.29) is 17.4 Å². The number of aromatic amines is 1.